The van der Waals surface area contributed by atoms with Crippen molar-refractivity contribution in [1.82, 2.24) is 25.3 Å². The average molecular weight is 608 g/mol. The van der Waals surface area contributed by atoms with Crippen molar-refractivity contribution >= 4 is 23.4 Å². The van der Waals surface area contributed by atoms with Gasteiger partial charge in [-0.1, -0.05) is 81.1 Å². The van der Waals surface area contributed by atoms with Crippen LogP contribution in [0.2, 0.25) is 5.02 Å². The molecule has 2 aromatic carbocycles. The molecule has 8 heteroatoms. The molecule has 2 amide bonds. The highest BCUT2D eigenvalue weighted by Crippen LogP contribution is 2.31. The smallest absolute Gasteiger partial charge is 0.245 e. The van der Waals surface area contributed by atoms with Crippen molar-refractivity contribution < 1.29 is 9.59 Å². The van der Waals surface area contributed by atoms with E-state index in [2.05, 4.69) is 46.4 Å². The minimum atomic E-state index is -0.610. The number of fused-ring (bicyclic) bond motifs is 1. The average Bonchev–Trinajstić information content (AvgIpc) is 3.45. The maximum absolute atomic E-state index is 14.0. The van der Waals surface area contributed by atoms with Crippen LogP contribution >= 0.6 is 11.6 Å². The molecule has 2 aromatic rings. The second-order valence-electron chi connectivity index (χ2n) is 12.6. The zero-order valence-corrected chi connectivity index (χ0v) is 26.8. The van der Waals surface area contributed by atoms with Crippen LogP contribution in [0.25, 0.3) is 0 Å². The van der Waals surface area contributed by atoms with Crippen LogP contribution in [0.1, 0.15) is 75.1 Å². The molecule has 3 aliphatic rings. The summed E-state index contributed by atoms with van der Waals surface area (Å²) in [5.41, 5.74) is 3.40. The fourth-order valence-electron chi connectivity index (χ4n) is 7.38. The predicted octanol–water partition coefficient (Wildman–Crippen LogP) is 5.04. The molecule has 0 radical (unpaired) electrons. The largest absolute Gasteiger partial charge is 0.344 e. The summed E-state index contributed by atoms with van der Waals surface area (Å²) >= 11 is 6.14. The Balaban J connectivity index is 1.24. The summed E-state index contributed by atoms with van der Waals surface area (Å²) in [5, 5.41) is 7.26. The molecule has 3 unspecified atom stereocenters. The summed E-state index contributed by atoms with van der Waals surface area (Å²) in [4.78, 5) is 34.6. The first-order valence-electron chi connectivity index (χ1n) is 16.5. The van der Waals surface area contributed by atoms with Crippen LogP contribution in [0.15, 0.2) is 48.5 Å². The number of halogens is 1. The zero-order valence-electron chi connectivity index (χ0n) is 26.1. The highest BCUT2D eigenvalue weighted by atomic mass is 35.5. The van der Waals surface area contributed by atoms with Gasteiger partial charge in [0, 0.05) is 69.2 Å². The maximum atomic E-state index is 14.0. The van der Waals surface area contributed by atoms with Crippen LogP contribution in [0, 0.1) is 5.92 Å². The van der Waals surface area contributed by atoms with Gasteiger partial charge in [0.25, 0.3) is 0 Å². The molecule has 43 heavy (non-hydrogen) atoms. The van der Waals surface area contributed by atoms with Crippen molar-refractivity contribution in [2.45, 2.75) is 83.5 Å². The molecule has 1 saturated carbocycles. The van der Waals surface area contributed by atoms with Crippen molar-refractivity contribution in [3.63, 3.8) is 0 Å². The van der Waals surface area contributed by atoms with Gasteiger partial charge in [-0.25, -0.2) is 0 Å². The van der Waals surface area contributed by atoms with Gasteiger partial charge in [-0.05, 0) is 60.7 Å². The van der Waals surface area contributed by atoms with Crippen LogP contribution in [-0.2, 0) is 22.6 Å². The number of carbonyl (C=O) groups is 2. The summed E-state index contributed by atoms with van der Waals surface area (Å²) in [5.74, 6) is 0.653. The second-order valence-corrected chi connectivity index (χ2v) is 13.0. The van der Waals surface area contributed by atoms with E-state index in [1.54, 1.807) is 0 Å². The highest BCUT2D eigenvalue weighted by Gasteiger charge is 2.35. The minimum absolute atomic E-state index is 0.0145. The Morgan fingerprint density at radius 1 is 0.977 bits per heavy atom. The Bertz CT molecular complexity index is 1190. The Morgan fingerprint density at radius 2 is 1.67 bits per heavy atom. The SMILES string of the molecule is CCN(CC)CC(C1CCCCC1)N1CCN(C(=O)C(Cc2ccc(Cl)cc2)NC(=O)CC2NCc3ccccc32)CC1. The number of nitrogens with one attached hydrogen (secondary N) is 2. The lowest BCUT2D eigenvalue weighted by Gasteiger charge is -2.45. The molecular weight excluding hydrogens is 558 g/mol. The number of likely N-dealkylation sites (N-methyl/N-ethyl adjacent to an activating group) is 1. The van der Waals surface area contributed by atoms with Crippen molar-refractivity contribution in [2.24, 2.45) is 5.92 Å². The number of amides is 2. The van der Waals surface area contributed by atoms with E-state index < -0.39 is 6.04 Å². The van der Waals surface area contributed by atoms with Crippen molar-refractivity contribution in [3.05, 3.63) is 70.2 Å². The summed E-state index contributed by atoms with van der Waals surface area (Å²) in [6, 6.07) is 15.7. The minimum Gasteiger partial charge on any atom is -0.344 e. The summed E-state index contributed by atoms with van der Waals surface area (Å²) in [6.07, 6.45) is 7.44. The summed E-state index contributed by atoms with van der Waals surface area (Å²) in [6.45, 7) is 11.7. The van der Waals surface area contributed by atoms with Crippen LogP contribution in [0.4, 0.5) is 0 Å². The predicted molar refractivity (Wildman–Crippen MR) is 174 cm³/mol. The van der Waals surface area contributed by atoms with E-state index in [-0.39, 0.29) is 17.9 Å². The Kier molecular flexibility index (Phi) is 11.5. The van der Waals surface area contributed by atoms with Gasteiger partial charge in [-0.3, -0.25) is 14.5 Å². The number of nitrogens with zero attached hydrogens (tertiary/aromatic N) is 3. The summed E-state index contributed by atoms with van der Waals surface area (Å²) in [7, 11) is 0. The van der Waals surface area contributed by atoms with Gasteiger partial charge in [0.1, 0.15) is 6.04 Å². The number of hydrogen-bond acceptors (Lipinski definition) is 5. The van der Waals surface area contributed by atoms with Gasteiger partial charge >= 0.3 is 0 Å². The molecule has 0 bridgehead atoms. The van der Waals surface area contributed by atoms with Crippen molar-refractivity contribution in [1.29, 1.82) is 0 Å². The quantitative estimate of drug-likeness (QED) is 0.354. The number of benzene rings is 2. The molecular formula is C35H50ClN5O2. The van der Waals surface area contributed by atoms with E-state index in [1.807, 2.05) is 41.3 Å². The molecule has 2 aliphatic heterocycles. The van der Waals surface area contributed by atoms with Gasteiger partial charge in [0.2, 0.25) is 11.8 Å². The third-order valence-electron chi connectivity index (χ3n) is 9.97. The van der Waals surface area contributed by atoms with E-state index in [1.165, 1.54) is 43.2 Å². The molecule has 0 spiro atoms. The van der Waals surface area contributed by atoms with Gasteiger partial charge in [-0.2, -0.15) is 0 Å². The summed E-state index contributed by atoms with van der Waals surface area (Å²) < 4.78 is 0. The lowest BCUT2D eigenvalue weighted by Crippen LogP contribution is -2.59. The first kappa shape index (κ1) is 32.0. The van der Waals surface area contributed by atoms with E-state index in [9.17, 15) is 9.59 Å². The third kappa shape index (κ3) is 8.39. The van der Waals surface area contributed by atoms with Crippen molar-refractivity contribution in [2.75, 3.05) is 45.8 Å². The molecule has 2 N–H and O–H groups in total. The highest BCUT2D eigenvalue weighted by molar-refractivity contribution is 6.30. The monoisotopic (exact) mass is 607 g/mol. The topological polar surface area (TPSA) is 67.9 Å². The first-order valence-corrected chi connectivity index (χ1v) is 16.9. The number of rotatable bonds is 12. The van der Waals surface area contributed by atoms with E-state index in [0.29, 0.717) is 37.0 Å². The number of piperazine rings is 1. The Hall–Kier alpha value is -2.45. The molecule has 2 fully saturated rings. The van der Waals surface area contributed by atoms with Crippen LogP contribution in [-0.4, -0.2) is 84.4 Å². The van der Waals surface area contributed by atoms with Crippen LogP contribution in [0.3, 0.4) is 0 Å². The van der Waals surface area contributed by atoms with Gasteiger partial charge in [0.05, 0.1) is 0 Å². The zero-order chi connectivity index (χ0) is 30.2. The fourth-order valence-corrected chi connectivity index (χ4v) is 7.50. The van der Waals surface area contributed by atoms with Gasteiger partial charge in [-0.15, -0.1) is 0 Å². The maximum Gasteiger partial charge on any atom is 0.245 e. The molecule has 5 rings (SSSR count). The fraction of sp³-hybridized carbons (Fsp3) is 0.600. The van der Waals surface area contributed by atoms with E-state index in [0.717, 1.165) is 50.7 Å². The second kappa shape index (κ2) is 15.5. The molecule has 0 aromatic heterocycles. The van der Waals surface area contributed by atoms with E-state index in [4.69, 9.17) is 11.6 Å². The number of hydrogen-bond donors (Lipinski definition) is 2. The lowest BCUT2D eigenvalue weighted by atomic mass is 9.82. The molecule has 7 nitrogen and oxygen atoms in total. The Morgan fingerprint density at radius 3 is 2.37 bits per heavy atom. The lowest BCUT2D eigenvalue weighted by molar-refractivity contribution is -0.138. The Labute approximate surface area is 263 Å². The third-order valence-corrected chi connectivity index (χ3v) is 10.2. The molecule has 3 atom stereocenters. The molecule has 1 aliphatic carbocycles. The van der Waals surface area contributed by atoms with Crippen molar-refractivity contribution in [3.8, 4) is 0 Å². The standard InChI is InChI=1S/C35H50ClN5O2/c1-3-39(4-2)25-33(27-10-6-5-7-11-27)40-18-20-41(21-19-40)35(43)32(22-26-14-16-29(36)17-15-26)38-34(42)23-31-30-13-9-8-12-28(30)24-37-31/h8-9,12-17,27,31-33,37H,3-7,10-11,18-25H2,1-2H3,(H,38,42). The van der Waals surface area contributed by atoms with Crippen LogP contribution < -0.4 is 10.6 Å². The normalized spacial score (nSPS) is 21.0. The molecule has 2 heterocycles. The van der Waals surface area contributed by atoms with Gasteiger partial charge < -0.3 is 20.4 Å². The van der Waals surface area contributed by atoms with Gasteiger partial charge in [0.15, 0.2) is 0 Å². The number of carbonyl (C=O) groups excluding carboxylic acids is 2. The first-order chi connectivity index (χ1) is 20.9. The van der Waals surface area contributed by atoms with Crippen LogP contribution in [0.5, 0.6) is 0 Å². The molecule has 234 valence electrons. The van der Waals surface area contributed by atoms with E-state index >= 15 is 0 Å². The molecule has 1 saturated heterocycles.